The number of rotatable bonds is 2. The maximum atomic E-state index is 11.2. The van der Waals surface area contributed by atoms with Gasteiger partial charge in [0, 0.05) is 6.04 Å². The Morgan fingerprint density at radius 3 is 3.08 bits per heavy atom. The van der Waals surface area contributed by atoms with Crippen molar-refractivity contribution in [3.05, 3.63) is 12.5 Å². The molecule has 1 aliphatic rings. The quantitative estimate of drug-likeness (QED) is 0.647. The Hall–Kier alpha value is -1.36. The maximum absolute atomic E-state index is 11.2. The van der Waals surface area contributed by atoms with Crippen LogP contribution in [0.3, 0.4) is 0 Å². The Balaban J connectivity index is 1.92. The van der Waals surface area contributed by atoms with Gasteiger partial charge in [0.05, 0.1) is 12.1 Å². The van der Waals surface area contributed by atoms with Gasteiger partial charge in [0.25, 0.3) is 0 Å². The summed E-state index contributed by atoms with van der Waals surface area (Å²) in [6.45, 7) is 0. The molecule has 0 spiro atoms. The second kappa shape index (κ2) is 2.60. The molecule has 1 fully saturated rings. The minimum atomic E-state index is -0.0503. The molecule has 12 heavy (non-hydrogen) atoms. The summed E-state index contributed by atoms with van der Waals surface area (Å²) in [4.78, 5) is 11.2. The fraction of sp³-hybridized carbons (Fsp3) is 0.429. The fourth-order valence-electron chi connectivity index (χ4n) is 1.02. The van der Waals surface area contributed by atoms with Gasteiger partial charge in [0.2, 0.25) is 5.91 Å². The smallest absolute Gasteiger partial charge is 0.229 e. The third kappa shape index (κ3) is 1.31. The van der Waals surface area contributed by atoms with E-state index in [0.29, 0.717) is 5.69 Å². The lowest BCUT2D eigenvalue weighted by molar-refractivity contribution is -0.117. The van der Waals surface area contributed by atoms with E-state index in [1.807, 2.05) is 0 Å². The van der Waals surface area contributed by atoms with Gasteiger partial charge in [-0.25, -0.2) is 0 Å². The second-order valence-electron chi connectivity index (χ2n) is 2.91. The molecule has 1 aromatic heterocycles. The molecule has 2 atom stereocenters. The summed E-state index contributed by atoms with van der Waals surface area (Å²) in [7, 11) is 0. The van der Waals surface area contributed by atoms with Gasteiger partial charge in [0.15, 0.2) is 0 Å². The number of amides is 1. The van der Waals surface area contributed by atoms with Crippen LogP contribution in [-0.2, 0) is 4.79 Å². The second-order valence-corrected chi connectivity index (χ2v) is 2.91. The van der Waals surface area contributed by atoms with Crippen molar-refractivity contribution in [1.82, 2.24) is 5.16 Å². The van der Waals surface area contributed by atoms with E-state index in [0.717, 1.165) is 6.42 Å². The van der Waals surface area contributed by atoms with Crippen LogP contribution in [0.5, 0.6) is 0 Å². The van der Waals surface area contributed by atoms with Gasteiger partial charge in [-0.2, -0.15) is 0 Å². The van der Waals surface area contributed by atoms with E-state index in [1.165, 1.54) is 12.5 Å². The molecule has 1 heterocycles. The summed E-state index contributed by atoms with van der Waals surface area (Å²) in [5.74, 6) is -0.0781. The number of carbonyl (C=O) groups is 1. The monoisotopic (exact) mass is 167 g/mol. The molecule has 5 heteroatoms. The maximum Gasteiger partial charge on any atom is 0.229 e. The van der Waals surface area contributed by atoms with Crippen LogP contribution < -0.4 is 11.1 Å². The molecule has 0 radical (unpaired) electrons. The minimum Gasteiger partial charge on any atom is -0.363 e. The first-order valence-corrected chi connectivity index (χ1v) is 3.73. The number of nitrogens with one attached hydrogen (secondary N) is 1. The van der Waals surface area contributed by atoms with Crippen LogP contribution in [-0.4, -0.2) is 17.1 Å². The fourth-order valence-corrected chi connectivity index (χ4v) is 1.02. The zero-order chi connectivity index (χ0) is 8.55. The van der Waals surface area contributed by atoms with E-state index in [2.05, 4.69) is 15.0 Å². The third-order valence-corrected chi connectivity index (χ3v) is 1.88. The highest BCUT2D eigenvalue weighted by atomic mass is 16.5. The molecule has 1 amide bonds. The van der Waals surface area contributed by atoms with Crippen LogP contribution in [0.1, 0.15) is 6.42 Å². The van der Waals surface area contributed by atoms with Crippen LogP contribution in [0.4, 0.5) is 5.69 Å². The molecule has 1 aromatic rings. The third-order valence-electron chi connectivity index (χ3n) is 1.88. The lowest BCUT2D eigenvalue weighted by Gasteiger charge is -1.97. The van der Waals surface area contributed by atoms with Crippen molar-refractivity contribution in [2.45, 2.75) is 12.5 Å². The molecule has 0 bridgehead atoms. The lowest BCUT2D eigenvalue weighted by Crippen LogP contribution is -2.18. The van der Waals surface area contributed by atoms with Gasteiger partial charge in [-0.05, 0) is 6.42 Å². The van der Waals surface area contributed by atoms with E-state index >= 15 is 0 Å². The predicted octanol–water partition coefficient (Wildman–Crippen LogP) is -0.0397. The minimum absolute atomic E-state index is 0.0279. The Morgan fingerprint density at radius 1 is 1.83 bits per heavy atom. The Labute approximate surface area is 68.9 Å². The zero-order valence-electron chi connectivity index (χ0n) is 6.36. The van der Waals surface area contributed by atoms with Crippen molar-refractivity contribution < 1.29 is 9.32 Å². The summed E-state index contributed by atoms with van der Waals surface area (Å²) in [6.07, 6.45) is 3.61. The van der Waals surface area contributed by atoms with Crippen molar-refractivity contribution >= 4 is 11.6 Å². The van der Waals surface area contributed by atoms with E-state index < -0.39 is 0 Å². The standard InChI is InChI=1S/C7H9N3O2/c8-6-1-5(6)7(11)10-4-2-9-12-3-4/h2-3,5-6H,1,8H2,(H,10,11). The Kier molecular flexibility index (Phi) is 1.58. The largest absolute Gasteiger partial charge is 0.363 e. The summed E-state index contributed by atoms with van der Waals surface area (Å²) < 4.78 is 4.55. The molecule has 1 aliphatic carbocycles. The zero-order valence-corrected chi connectivity index (χ0v) is 6.36. The van der Waals surface area contributed by atoms with Crippen molar-refractivity contribution in [1.29, 1.82) is 0 Å². The van der Waals surface area contributed by atoms with Gasteiger partial charge in [-0.15, -0.1) is 0 Å². The summed E-state index contributed by atoms with van der Waals surface area (Å²) in [5.41, 5.74) is 6.08. The van der Waals surface area contributed by atoms with Gasteiger partial charge in [0.1, 0.15) is 12.0 Å². The highest BCUT2D eigenvalue weighted by Crippen LogP contribution is 2.28. The van der Waals surface area contributed by atoms with Crippen molar-refractivity contribution in [3.63, 3.8) is 0 Å². The SMILES string of the molecule is NC1CC1C(=O)Nc1cnoc1. The molecule has 0 saturated heterocycles. The van der Waals surface area contributed by atoms with Crippen LogP contribution in [0.15, 0.2) is 17.0 Å². The number of hydrogen-bond acceptors (Lipinski definition) is 4. The molecule has 64 valence electrons. The number of nitrogens with zero attached hydrogens (tertiary/aromatic N) is 1. The molecule has 3 N–H and O–H groups in total. The van der Waals surface area contributed by atoms with Crippen molar-refractivity contribution in [2.75, 3.05) is 5.32 Å². The molecular formula is C7H9N3O2. The van der Waals surface area contributed by atoms with E-state index in [4.69, 9.17) is 5.73 Å². The van der Waals surface area contributed by atoms with Gasteiger partial charge in [-0.3, -0.25) is 4.79 Å². The van der Waals surface area contributed by atoms with Crippen LogP contribution in [0.2, 0.25) is 0 Å². The highest BCUT2D eigenvalue weighted by molar-refractivity contribution is 5.94. The van der Waals surface area contributed by atoms with Gasteiger partial charge < -0.3 is 15.6 Å². The molecule has 0 aliphatic heterocycles. The molecule has 0 aromatic carbocycles. The molecule has 1 saturated carbocycles. The van der Waals surface area contributed by atoms with Crippen LogP contribution in [0, 0.1) is 5.92 Å². The van der Waals surface area contributed by atoms with Crippen molar-refractivity contribution in [2.24, 2.45) is 11.7 Å². The highest BCUT2D eigenvalue weighted by Gasteiger charge is 2.40. The molecule has 2 rings (SSSR count). The predicted molar refractivity (Wildman–Crippen MR) is 41.2 cm³/mol. The number of anilines is 1. The van der Waals surface area contributed by atoms with Crippen molar-refractivity contribution in [3.8, 4) is 0 Å². The molecule has 5 nitrogen and oxygen atoms in total. The average molecular weight is 167 g/mol. The normalized spacial score (nSPS) is 26.8. The van der Waals surface area contributed by atoms with Crippen LogP contribution >= 0.6 is 0 Å². The van der Waals surface area contributed by atoms with Crippen LogP contribution in [0.25, 0.3) is 0 Å². The first-order valence-electron chi connectivity index (χ1n) is 3.73. The van der Waals surface area contributed by atoms with E-state index in [9.17, 15) is 4.79 Å². The number of carbonyl (C=O) groups excluding carboxylic acids is 1. The lowest BCUT2D eigenvalue weighted by atomic mass is 10.3. The Morgan fingerprint density at radius 2 is 2.58 bits per heavy atom. The van der Waals surface area contributed by atoms with E-state index in [1.54, 1.807) is 0 Å². The summed E-state index contributed by atoms with van der Waals surface area (Å²) >= 11 is 0. The first-order chi connectivity index (χ1) is 5.77. The first kappa shape index (κ1) is 7.30. The topological polar surface area (TPSA) is 81.2 Å². The van der Waals surface area contributed by atoms with E-state index in [-0.39, 0.29) is 17.9 Å². The number of aromatic nitrogens is 1. The Bertz CT molecular complexity index is 283. The molecule has 2 unspecified atom stereocenters. The number of nitrogens with two attached hydrogens (primary N) is 1. The summed E-state index contributed by atoms with van der Waals surface area (Å²) in [5, 5.41) is 6.09. The van der Waals surface area contributed by atoms with Gasteiger partial charge >= 0.3 is 0 Å². The average Bonchev–Trinajstić information content (AvgIpc) is 2.58. The number of hydrogen-bond donors (Lipinski definition) is 2. The molecular weight excluding hydrogens is 158 g/mol. The van der Waals surface area contributed by atoms with Gasteiger partial charge in [-0.1, -0.05) is 5.16 Å². The summed E-state index contributed by atoms with van der Waals surface area (Å²) in [6, 6.07) is 0.0323.